The Balaban J connectivity index is 1.60. The van der Waals surface area contributed by atoms with Crippen LogP contribution in [0.2, 0.25) is 0 Å². The van der Waals surface area contributed by atoms with Gasteiger partial charge in [-0.25, -0.2) is 4.39 Å². The van der Waals surface area contributed by atoms with Crippen molar-refractivity contribution in [2.75, 3.05) is 37.5 Å². The Bertz CT molecular complexity index is 1090. The Morgan fingerprint density at radius 1 is 0.970 bits per heavy atom. The fourth-order valence-electron chi connectivity index (χ4n) is 3.93. The zero-order chi connectivity index (χ0) is 23.2. The number of carbonyl (C=O) groups excluding carboxylic acids is 1. The Morgan fingerprint density at radius 3 is 2.27 bits per heavy atom. The molecule has 3 aromatic rings. The van der Waals surface area contributed by atoms with Crippen LogP contribution in [0.1, 0.15) is 28.8 Å². The zero-order valence-corrected chi connectivity index (χ0v) is 18.8. The largest absolute Gasteiger partial charge is 0.493 e. The predicted molar refractivity (Wildman–Crippen MR) is 126 cm³/mol. The third-order valence-corrected chi connectivity index (χ3v) is 5.63. The topological polar surface area (TPSA) is 60.0 Å². The summed E-state index contributed by atoms with van der Waals surface area (Å²) in [4.78, 5) is 15.2. The lowest BCUT2D eigenvalue weighted by Gasteiger charge is -2.22. The standard InChI is InChI=1S/C26H27FN2O4/c1-31-22-15-19(16-23(32-2)25(22)33-17-18-9-4-3-5-10-18)26(30)28-24-20(27)11-8-12-21(24)29-13-6-7-14-29/h3-5,8-12,15-16H,6-7,13-14,17H2,1-2H3,(H,28,30). The highest BCUT2D eigenvalue weighted by atomic mass is 19.1. The van der Waals surface area contributed by atoms with Crippen molar-refractivity contribution < 1.29 is 23.4 Å². The van der Waals surface area contributed by atoms with Gasteiger partial charge in [-0.2, -0.15) is 0 Å². The van der Waals surface area contributed by atoms with Gasteiger partial charge < -0.3 is 24.4 Å². The smallest absolute Gasteiger partial charge is 0.256 e. The highest BCUT2D eigenvalue weighted by Crippen LogP contribution is 2.40. The van der Waals surface area contributed by atoms with Crippen LogP contribution in [-0.4, -0.2) is 33.2 Å². The van der Waals surface area contributed by atoms with Gasteiger partial charge in [0.15, 0.2) is 11.5 Å². The van der Waals surface area contributed by atoms with Crippen LogP contribution in [0.15, 0.2) is 60.7 Å². The van der Waals surface area contributed by atoms with Crippen LogP contribution in [0.5, 0.6) is 17.2 Å². The minimum absolute atomic E-state index is 0.173. The first kappa shape index (κ1) is 22.5. The number of methoxy groups -OCH3 is 2. The highest BCUT2D eigenvalue weighted by Gasteiger charge is 2.22. The van der Waals surface area contributed by atoms with E-state index in [1.807, 2.05) is 36.4 Å². The number of ether oxygens (including phenoxy) is 3. The van der Waals surface area contributed by atoms with Crippen molar-refractivity contribution in [2.45, 2.75) is 19.4 Å². The van der Waals surface area contributed by atoms with Gasteiger partial charge in [0.05, 0.1) is 19.9 Å². The molecule has 3 aromatic carbocycles. The molecule has 1 aliphatic heterocycles. The van der Waals surface area contributed by atoms with Crippen molar-refractivity contribution in [1.29, 1.82) is 0 Å². The van der Waals surface area contributed by atoms with Crippen LogP contribution in [-0.2, 0) is 6.61 Å². The van der Waals surface area contributed by atoms with E-state index in [-0.39, 0.29) is 11.3 Å². The molecule has 0 radical (unpaired) electrons. The zero-order valence-electron chi connectivity index (χ0n) is 18.8. The summed E-state index contributed by atoms with van der Waals surface area (Å²) in [6.45, 7) is 1.98. The monoisotopic (exact) mass is 450 g/mol. The van der Waals surface area contributed by atoms with E-state index in [0.717, 1.165) is 31.5 Å². The molecule has 7 heteroatoms. The number of benzene rings is 3. The van der Waals surface area contributed by atoms with E-state index in [2.05, 4.69) is 10.2 Å². The molecule has 0 spiro atoms. The van der Waals surface area contributed by atoms with Crippen molar-refractivity contribution >= 4 is 17.3 Å². The van der Waals surface area contributed by atoms with Crippen LogP contribution in [0.3, 0.4) is 0 Å². The van der Waals surface area contributed by atoms with Gasteiger partial charge in [-0.05, 0) is 42.7 Å². The van der Waals surface area contributed by atoms with Gasteiger partial charge in [0, 0.05) is 18.7 Å². The first-order valence-corrected chi connectivity index (χ1v) is 10.9. The van der Waals surface area contributed by atoms with Crippen molar-refractivity contribution in [1.82, 2.24) is 0 Å². The molecule has 1 amide bonds. The summed E-state index contributed by atoms with van der Waals surface area (Å²) in [5.41, 5.74) is 2.11. The van der Waals surface area contributed by atoms with Gasteiger partial charge in [-0.15, -0.1) is 0 Å². The number of rotatable bonds is 8. The fraction of sp³-hybridized carbons (Fsp3) is 0.269. The Labute approximate surface area is 192 Å². The lowest BCUT2D eigenvalue weighted by molar-refractivity contribution is 0.102. The van der Waals surface area contributed by atoms with E-state index in [4.69, 9.17) is 14.2 Å². The summed E-state index contributed by atoms with van der Waals surface area (Å²) >= 11 is 0. The summed E-state index contributed by atoms with van der Waals surface area (Å²) < 4.78 is 31.6. The highest BCUT2D eigenvalue weighted by molar-refractivity contribution is 6.06. The van der Waals surface area contributed by atoms with Crippen molar-refractivity contribution in [3.8, 4) is 17.2 Å². The van der Waals surface area contributed by atoms with Crippen molar-refractivity contribution in [2.24, 2.45) is 0 Å². The first-order chi connectivity index (χ1) is 16.1. The van der Waals surface area contributed by atoms with E-state index in [9.17, 15) is 9.18 Å². The maximum Gasteiger partial charge on any atom is 0.256 e. The van der Waals surface area contributed by atoms with Crippen molar-refractivity contribution in [3.05, 3.63) is 77.6 Å². The second-order valence-electron chi connectivity index (χ2n) is 7.77. The number of amides is 1. The predicted octanol–water partition coefficient (Wildman–Crippen LogP) is 5.27. The quantitative estimate of drug-likeness (QED) is 0.506. The lowest BCUT2D eigenvalue weighted by atomic mass is 10.1. The van der Waals surface area contributed by atoms with E-state index < -0.39 is 11.7 Å². The third kappa shape index (κ3) is 5.03. The molecule has 0 atom stereocenters. The average molecular weight is 451 g/mol. The van der Waals surface area contributed by atoms with Crippen LogP contribution in [0.25, 0.3) is 0 Å². The molecule has 1 N–H and O–H groups in total. The third-order valence-electron chi connectivity index (χ3n) is 5.63. The number of hydrogen-bond donors (Lipinski definition) is 1. The van der Waals surface area contributed by atoms with Gasteiger partial charge in [-0.1, -0.05) is 36.4 Å². The molecular weight excluding hydrogens is 423 g/mol. The molecule has 0 aliphatic carbocycles. The molecule has 0 bridgehead atoms. The Morgan fingerprint density at radius 2 is 1.64 bits per heavy atom. The number of carbonyl (C=O) groups is 1. The number of halogens is 1. The second kappa shape index (κ2) is 10.3. The van der Waals surface area contributed by atoms with Gasteiger partial charge in [-0.3, -0.25) is 4.79 Å². The summed E-state index contributed by atoms with van der Waals surface area (Å²) in [6.07, 6.45) is 2.09. The average Bonchev–Trinajstić information content (AvgIpc) is 3.38. The molecule has 0 saturated carbocycles. The summed E-state index contributed by atoms with van der Waals surface area (Å²) in [7, 11) is 2.99. The molecule has 6 nitrogen and oxygen atoms in total. The summed E-state index contributed by atoms with van der Waals surface area (Å²) in [5, 5.41) is 2.74. The first-order valence-electron chi connectivity index (χ1n) is 10.9. The number of para-hydroxylation sites is 1. The number of nitrogens with one attached hydrogen (secondary N) is 1. The number of nitrogens with zero attached hydrogens (tertiary/aromatic N) is 1. The molecule has 0 unspecified atom stereocenters. The Kier molecular flexibility index (Phi) is 6.98. The molecule has 0 aromatic heterocycles. The SMILES string of the molecule is COc1cc(C(=O)Nc2c(F)cccc2N2CCCC2)cc(OC)c1OCc1ccccc1. The maximum absolute atomic E-state index is 14.7. The van der Waals surface area contributed by atoms with E-state index in [0.29, 0.717) is 29.5 Å². The van der Waals surface area contributed by atoms with E-state index in [1.165, 1.54) is 20.3 Å². The molecule has 33 heavy (non-hydrogen) atoms. The van der Waals surface area contributed by atoms with Crippen LogP contribution in [0, 0.1) is 5.82 Å². The van der Waals surface area contributed by atoms with Crippen LogP contribution < -0.4 is 24.4 Å². The van der Waals surface area contributed by atoms with Crippen LogP contribution >= 0.6 is 0 Å². The van der Waals surface area contributed by atoms with Gasteiger partial charge in [0.1, 0.15) is 18.1 Å². The number of hydrogen-bond acceptors (Lipinski definition) is 5. The summed E-state index contributed by atoms with van der Waals surface area (Å²) in [6, 6.07) is 17.7. The fourth-order valence-corrected chi connectivity index (χ4v) is 3.93. The molecule has 1 saturated heterocycles. The van der Waals surface area contributed by atoms with Crippen molar-refractivity contribution in [3.63, 3.8) is 0 Å². The normalized spacial score (nSPS) is 13.0. The minimum atomic E-state index is -0.477. The minimum Gasteiger partial charge on any atom is -0.493 e. The lowest BCUT2D eigenvalue weighted by Crippen LogP contribution is -2.22. The maximum atomic E-state index is 14.7. The number of anilines is 2. The molecule has 1 heterocycles. The van der Waals surface area contributed by atoms with Crippen LogP contribution in [0.4, 0.5) is 15.8 Å². The second-order valence-corrected chi connectivity index (χ2v) is 7.77. The molecule has 1 aliphatic rings. The molecule has 4 rings (SSSR count). The molecular formula is C26H27FN2O4. The van der Waals surface area contributed by atoms with Gasteiger partial charge in [0.2, 0.25) is 5.75 Å². The molecule has 172 valence electrons. The van der Waals surface area contributed by atoms with E-state index in [1.54, 1.807) is 18.2 Å². The molecule has 1 fully saturated rings. The summed E-state index contributed by atoms with van der Waals surface area (Å²) in [5.74, 6) is 0.151. The Hall–Kier alpha value is -3.74. The van der Waals surface area contributed by atoms with Gasteiger partial charge in [0.25, 0.3) is 5.91 Å². The van der Waals surface area contributed by atoms with E-state index >= 15 is 0 Å². The van der Waals surface area contributed by atoms with Gasteiger partial charge >= 0.3 is 0 Å².